The molecule has 0 aliphatic rings. The van der Waals surface area contributed by atoms with Gasteiger partial charge in [-0.25, -0.2) is 8.78 Å². The van der Waals surface area contributed by atoms with E-state index in [1.165, 1.54) is 23.9 Å². The highest BCUT2D eigenvalue weighted by Gasteiger charge is 1.97. The van der Waals surface area contributed by atoms with Crippen molar-refractivity contribution in [1.82, 2.24) is 0 Å². The van der Waals surface area contributed by atoms with Crippen LogP contribution in [0.1, 0.15) is 0 Å². The zero-order valence-electron chi connectivity index (χ0n) is 5.40. The monoisotopic (exact) mass is 160 g/mol. The second kappa shape index (κ2) is 3.01. The lowest BCUT2D eigenvalue weighted by atomic mass is 10.3. The first-order chi connectivity index (χ1) is 4.72. The molecule has 0 heterocycles. The zero-order chi connectivity index (χ0) is 7.56. The molecule has 0 spiro atoms. The van der Waals surface area contributed by atoms with Gasteiger partial charge in [-0.15, -0.1) is 11.8 Å². The lowest BCUT2D eigenvalue weighted by molar-refractivity contribution is 0.577. The first kappa shape index (κ1) is 7.54. The minimum Gasteiger partial charge on any atom is -0.207 e. The normalized spacial score (nSPS) is 9.90. The van der Waals surface area contributed by atoms with Crippen molar-refractivity contribution in [1.29, 1.82) is 0 Å². The van der Waals surface area contributed by atoms with E-state index in [2.05, 4.69) is 0 Å². The van der Waals surface area contributed by atoms with E-state index in [4.69, 9.17) is 0 Å². The molecule has 54 valence electrons. The molecule has 1 rings (SSSR count). The summed E-state index contributed by atoms with van der Waals surface area (Å²) in [6.45, 7) is 0. The highest BCUT2D eigenvalue weighted by molar-refractivity contribution is 7.98. The van der Waals surface area contributed by atoms with E-state index in [0.29, 0.717) is 4.90 Å². The maximum absolute atomic E-state index is 12.4. The van der Waals surface area contributed by atoms with Crippen molar-refractivity contribution in [3.8, 4) is 0 Å². The molecule has 0 unspecified atom stereocenters. The molecular weight excluding hydrogens is 154 g/mol. The van der Waals surface area contributed by atoms with Crippen LogP contribution in [0.2, 0.25) is 0 Å². The van der Waals surface area contributed by atoms with Gasteiger partial charge in [-0.05, 0) is 18.4 Å². The molecule has 10 heavy (non-hydrogen) atoms. The van der Waals surface area contributed by atoms with E-state index in [1.807, 2.05) is 0 Å². The fraction of sp³-hybridized carbons (Fsp3) is 0.143. The van der Waals surface area contributed by atoms with Gasteiger partial charge in [-0.2, -0.15) is 0 Å². The van der Waals surface area contributed by atoms with Crippen molar-refractivity contribution in [2.24, 2.45) is 0 Å². The summed E-state index contributed by atoms with van der Waals surface area (Å²) in [7, 11) is 0. The summed E-state index contributed by atoms with van der Waals surface area (Å²) in [5.41, 5.74) is 0. The van der Waals surface area contributed by atoms with E-state index in [1.54, 1.807) is 6.26 Å². The highest BCUT2D eigenvalue weighted by atomic mass is 32.2. The summed E-state index contributed by atoms with van der Waals surface area (Å²) in [4.78, 5) is 0.609. The molecule has 1 aromatic carbocycles. The molecule has 0 amide bonds. The lowest BCUT2D eigenvalue weighted by Gasteiger charge is -1.95. The Morgan fingerprint density at radius 2 is 1.60 bits per heavy atom. The molecule has 0 aromatic heterocycles. The number of benzene rings is 1. The summed E-state index contributed by atoms with van der Waals surface area (Å²) in [5, 5.41) is 0. The number of hydrogen-bond acceptors (Lipinski definition) is 1. The maximum Gasteiger partial charge on any atom is 0.127 e. The Kier molecular flexibility index (Phi) is 2.27. The van der Waals surface area contributed by atoms with Crippen LogP contribution >= 0.6 is 11.8 Å². The third kappa shape index (κ3) is 1.70. The van der Waals surface area contributed by atoms with Gasteiger partial charge in [0, 0.05) is 11.0 Å². The van der Waals surface area contributed by atoms with Gasteiger partial charge in [0.05, 0.1) is 0 Å². The quantitative estimate of drug-likeness (QED) is 0.569. The van der Waals surface area contributed by atoms with Gasteiger partial charge in [-0.3, -0.25) is 0 Å². The Morgan fingerprint density at radius 1 is 1.10 bits per heavy atom. The highest BCUT2D eigenvalue weighted by Crippen LogP contribution is 2.16. The molecule has 0 bridgehead atoms. The summed E-state index contributed by atoms with van der Waals surface area (Å²) in [5.74, 6) is -1.05. The molecule has 0 saturated heterocycles. The second-order valence-electron chi connectivity index (χ2n) is 1.81. The third-order valence-corrected chi connectivity index (χ3v) is 1.78. The van der Waals surface area contributed by atoms with Crippen LogP contribution in [0, 0.1) is 11.6 Å². The van der Waals surface area contributed by atoms with Gasteiger partial charge in [0.1, 0.15) is 11.6 Å². The molecule has 0 fully saturated rings. The van der Waals surface area contributed by atoms with Gasteiger partial charge in [0.15, 0.2) is 0 Å². The molecule has 0 N–H and O–H groups in total. The second-order valence-corrected chi connectivity index (χ2v) is 2.69. The number of halogens is 2. The van der Waals surface area contributed by atoms with Crippen molar-refractivity contribution in [2.75, 3.05) is 6.26 Å². The average Bonchev–Trinajstić information content (AvgIpc) is 1.85. The molecule has 0 radical (unpaired) electrons. The van der Waals surface area contributed by atoms with Crippen molar-refractivity contribution in [2.45, 2.75) is 4.90 Å². The Morgan fingerprint density at radius 3 is 2.00 bits per heavy atom. The van der Waals surface area contributed by atoms with Gasteiger partial charge in [-0.1, -0.05) is 0 Å². The fourth-order valence-electron chi connectivity index (χ4n) is 0.646. The Labute approximate surface area is 62.3 Å². The fourth-order valence-corrected chi connectivity index (χ4v) is 1.11. The Bertz CT molecular complexity index is 215. The molecule has 0 atom stereocenters. The predicted molar refractivity (Wildman–Crippen MR) is 38.1 cm³/mol. The van der Waals surface area contributed by atoms with Crippen molar-refractivity contribution >= 4 is 11.8 Å². The van der Waals surface area contributed by atoms with E-state index < -0.39 is 11.6 Å². The van der Waals surface area contributed by atoms with Crippen LogP contribution in [0.4, 0.5) is 8.78 Å². The van der Waals surface area contributed by atoms with Gasteiger partial charge in [0.2, 0.25) is 0 Å². The summed E-state index contributed by atoms with van der Waals surface area (Å²) < 4.78 is 24.7. The number of thioether (sulfide) groups is 1. The smallest absolute Gasteiger partial charge is 0.127 e. The first-order valence-electron chi connectivity index (χ1n) is 2.72. The maximum atomic E-state index is 12.4. The molecular formula is C7H6F2S. The molecule has 0 aliphatic carbocycles. The summed E-state index contributed by atoms with van der Waals surface area (Å²) in [6.07, 6.45) is 1.77. The Hall–Kier alpha value is -0.570. The van der Waals surface area contributed by atoms with Crippen LogP contribution in [0.15, 0.2) is 23.1 Å². The van der Waals surface area contributed by atoms with E-state index in [0.717, 1.165) is 6.07 Å². The summed E-state index contributed by atoms with van der Waals surface area (Å²) in [6, 6.07) is 3.46. The van der Waals surface area contributed by atoms with Crippen LogP contribution in [0.25, 0.3) is 0 Å². The number of hydrogen-bond donors (Lipinski definition) is 0. The molecule has 0 nitrogen and oxygen atoms in total. The van der Waals surface area contributed by atoms with Crippen LogP contribution < -0.4 is 0 Å². The lowest BCUT2D eigenvalue weighted by Crippen LogP contribution is -1.79. The molecule has 1 aromatic rings. The first-order valence-corrected chi connectivity index (χ1v) is 3.95. The van der Waals surface area contributed by atoms with Crippen molar-refractivity contribution in [3.05, 3.63) is 29.8 Å². The van der Waals surface area contributed by atoms with E-state index in [-0.39, 0.29) is 0 Å². The van der Waals surface area contributed by atoms with Gasteiger partial charge >= 0.3 is 0 Å². The van der Waals surface area contributed by atoms with Crippen LogP contribution in [-0.4, -0.2) is 6.26 Å². The minimum absolute atomic E-state index is 0.524. The standard InChI is InChI=1S/C7H6F2S/c1-10-7-3-5(8)2-6(9)4-7/h2-4H,1H3. The molecule has 0 saturated carbocycles. The zero-order valence-corrected chi connectivity index (χ0v) is 6.21. The Balaban J connectivity index is 3.06. The third-order valence-electron chi connectivity index (χ3n) is 1.07. The average molecular weight is 160 g/mol. The number of rotatable bonds is 1. The van der Waals surface area contributed by atoms with Crippen LogP contribution in [0.3, 0.4) is 0 Å². The SMILES string of the molecule is CSc1cc(F)cc(F)c1. The van der Waals surface area contributed by atoms with Crippen molar-refractivity contribution in [3.63, 3.8) is 0 Å². The summed E-state index contributed by atoms with van der Waals surface area (Å²) >= 11 is 1.32. The van der Waals surface area contributed by atoms with Crippen molar-refractivity contribution < 1.29 is 8.78 Å². The van der Waals surface area contributed by atoms with E-state index in [9.17, 15) is 8.78 Å². The molecule has 0 aliphatic heterocycles. The van der Waals surface area contributed by atoms with E-state index >= 15 is 0 Å². The van der Waals surface area contributed by atoms with Crippen LogP contribution in [0.5, 0.6) is 0 Å². The van der Waals surface area contributed by atoms with Gasteiger partial charge in [0.25, 0.3) is 0 Å². The largest absolute Gasteiger partial charge is 0.207 e. The predicted octanol–water partition coefficient (Wildman–Crippen LogP) is 2.69. The van der Waals surface area contributed by atoms with Gasteiger partial charge < -0.3 is 0 Å². The topological polar surface area (TPSA) is 0 Å². The van der Waals surface area contributed by atoms with Crippen LogP contribution in [-0.2, 0) is 0 Å². The minimum atomic E-state index is -0.524. The molecule has 3 heteroatoms.